The van der Waals surface area contributed by atoms with Crippen molar-refractivity contribution >= 4 is 16.0 Å². The Bertz CT molecular complexity index is 567. The van der Waals surface area contributed by atoms with Crippen molar-refractivity contribution < 1.29 is 18.3 Å². The lowest BCUT2D eigenvalue weighted by Gasteiger charge is -2.62. The first-order valence-corrected chi connectivity index (χ1v) is 10.3. The van der Waals surface area contributed by atoms with Crippen LogP contribution in [0.4, 0.5) is 0 Å². The van der Waals surface area contributed by atoms with Crippen molar-refractivity contribution in [1.82, 2.24) is 4.72 Å². The minimum atomic E-state index is -3.20. The first kappa shape index (κ1) is 18.5. The van der Waals surface area contributed by atoms with Crippen LogP contribution in [0.15, 0.2) is 12.2 Å². The molecule has 3 aliphatic carbocycles. The molecule has 6 heteroatoms. The minimum Gasteiger partial charge on any atom is -0.481 e. The number of carbonyl (C=O) groups is 1. The predicted molar refractivity (Wildman–Crippen MR) is 90.5 cm³/mol. The van der Waals surface area contributed by atoms with Gasteiger partial charge in [0.05, 0.1) is 6.26 Å². The zero-order chi connectivity index (χ0) is 17.3. The van der Waals surface area contributed by atoms with Crippen molar-refractivity contribution in [2.45, 2.75) is 58.4 Å². The van der Waals surface area contributed by atoms with Crippen LogP contribution in [0.5, 0.6) is 0 Å². The number of hydrogen-bond acceptors (Lipinski definition) is 3. The molecule has 3 rings (SSSR count). The summed E-state index contributed by atoms with van der Waals surface area (Å²) in [6.07, 6.45) is 10.0. The van der Waals surface area contributed by atoms with E-state index < -0.39 is 16.0 Å². The highest BCUT2D eigenvalue weighted by Gasteiger charge is 2.57. The molecule has 0 spiro atoms. The van der Waals surface area contributed by atoms with Crippen LogP contribution < -0.4 is 4.72 Å². The number of sulfonamides is 1. The number of hydrogen-bond donors (Lipinski definition) is 2. The molecule has 0 aromatic carbocycles. The van der Waals surface area contributed by atoms with Gasteiger partial charge in [0.1, 0.15) is 0 Å². The van der Waals surface area contributed by atoms with E-state index in [2.05, 4.69) is 24.6 Å². The van der Waals surface area contributed by atoms with Gasteiger partial charge in [0, 0.05) is 12.5 Å². The third kappa shape index (κ3) is 4.57. The SMILES string of the molecule is CC1(C)C2CC(CC=CCCCC(=O)O)C(NS(C)(=O)=O)C1C2. The molecule has 0 heterocycles. The summed E-state index contributed by atoms with van der Waals surface area (Å²) < 4.78 is 26.3. The van der Waals surface area contributed by atoms with Crippen molar-refractivity contribution in [1.29, 1.82) is 0 Å². The highest BCUT2D eigenvalue weighted by Crippen LogP contribution is 2.61. The van der Waals surface area contributed by atoms with Crippen LogP contribution in [0.2, 0.25) is 0 Å². The van der Waals surface area contributed by atoms with Crippen molar-refractivity contribution in [3.8, 4) is 0 Å². The Morgan fingerprint density at radius 1 is 1.30 bits per heavy atom. The second kappa shape index (κ2) is 6.93. The van der Waals surface area contributed by atoms with Gasteiger partial charge in [-0.1, -0.05) is 26.0 Å². The van der Waals surface area contributed by atoms with E-state index >= 15 is 0 Å². The van der Waals surface area contributed by atoms with E-state index in [1.807, 2.05) is 6.08 Å². The van der Waals surface area contributed by atoms with E-state index in [9.17, 15) is 13.2 Å². The van der Waals surface area contributed by atoms with E-state index in [1.54, 1.807) is 0 Å². The fraction of sp³-hybridized carbons (Fsp3) is 0.824. The fourth-order valence-electron chi connectivity index (χ4n) is 4.33. The number of aliphatic carboxylic acids is 1. The molecular weight excluding hydrogens is 314 g/mol. The molecule has 0 saturated heterocycles. The summed E-state index contributed by atoms with van der Waals surface area (Å²) in [5.74, 6) is 0.694. The monoisotopic (exact) mass is 343 g/mol. The summed E-state index contributed by atoms with van der Waals surface area (Å²) in [7, 11) is -3.20. The van der Waals surface area contributed by atoms with Crippen LogP contribution in [0.1, 0.15) is 52.4 Å². The average Bonchev–Trinajstić information content (AvgIpc) is 2.41. The summed E-state index contributed by atoms with van der Waals surface area (Å²) >= 11 is 0. The molecule has 132 valence electrons. The standard InChI is InChI=1S/C17H29NO4S/c1-17(2)13-10-12(8-6-4-5-7-9-15(19)20)16(14(17)11-13)18-23(3,21)22/h4,6,12-14,16,18H,5,7-11H2,1-3H3,(H,19,20). The number of carboxylic acids is 1. The highest BCUT2D eigenvalue weighted by molar-refractivity contribution is 7.88. The van der Waals surface area contributed by atoms with E-state index in [4.69, 9.17) is 5.11 Å². The van der Waals surface area contributed by atoms with E-state index in [0.29, 0.717) is 24.2 Å². The van der Waals surface area contributed by atoms with Gasteiger partial charge in [0.25, 0.3) is 0 Å². The van der Waals surface area contributed by atoms with Crippen LogP contribution in [0.3, 0.4) is 0 Å². The van der Waals surface area contributed by atoms with Crippen LogP contribution >= 0.6 is 0 Å². The fourth-order valence-corrected chi connectivity index (χ4v) is 5.19. The van der Waals surface area contributed by atoms with Gasteiger partial charge in [-0.05, 0) is 55.3 Å². The number of allylic oxidation sites excluding steroid dienone is 2. The molecule has 0 aromatic heterocycles. The van der Waals surface area contributed by atoms with Crippen LogP contribution in [-0.4, -0.2) is 31.8 Å². The third-order valence-electron chi connectivity index (χ3n) is 5.79. The molecule has 3 saturated carbocycles. The first-order valence-electron chi connectivity index (χ1n) is 8.45. The van der Waals surface area contributed by atoms with Crippen molar-refractivity contribution in [3.05, 3.63) is 12.2 Å². The van der Waals surface area contributed by atoms with Gasteiger partial charge in [0.15, 0.2) is 0 Å². The van der Waals surface area contributed by atoms with Crippen molar-refractivity contribution in [2.24, 2.45) is 23.2 Å². The Morgan fingerprint density at radius 3 is 2.57 bits per heavy atom. The van der Waals surface area contributed by atoms with Gasteiger partial charge in [-0.25, -0.2) is 13.1 Å². The van der Waals surface area contributed by atoms with Crippen molar-refractivity contribution in [3.63, 3.8) is 0 Å². The molecule has 4 unspecified atom stereocenters. The molecule has 0 aliphatic heterocycles. The van der Waals surface area contributed by atoms with Gasteiger partial charge >= 0.3 is 5.97 Å². The van der Waals surface area contributed by atoms with Gasteiger partial charge < -0.3 is 5.11 Å². The maximum Gasteiger partial charge on any atom is 0.303 e. The number of unbranched alkanes of at least 4 members (excludes halogenated alkanes) is 1. The number of carboxylic acid groups (broad SMARTS) is 1. The summed E-state index contributed by atoms with van der Waals surface area (Å²) in [4.78, 5) is 10.5. The van der Waals surface area contributed by atoms with Gasteiger partial charge in [-0.3, -0.25) is 4.79 Å². The Labute approximate surface area is 139 Å². The third-order valence-corrected chi connectivity index (χ3v) is 6.49. The smallest absolute Gasteiger partial charge is 0.303 e. The van der Waals surface area contributed by atoms with E-state index in [-0.39, 0.29) is 17.9 Å². The molecule has 0 aromatic rings. The van der Waals surface area contributed by atoms with Crippen LogP contribution in [-0.2, 0) is 14.8 Å². The first-order chi connectivity index (χ1) is 10.6. The van der Waals surface area contributed by atoms with Crippen LogP contribution in [0.25, 0.3) is 0 Å². The lowest BCUT2D eigenvalue weighted by atomic mass is 9.45. The summed E-state index contributed by atoms with van der Waals surface area (Å²) in [5.41, 5.74) is 0.226. The second-order valence-electron chi connectivity index (χ2n) is 7.77. The Balaban J connectivity index is 1.92. The molecule has 3 fully saturated rings. The molecule has 4 atom stereocenters. The molecule has 2 N–H and O–H groups in total. The molecule has 0 amide bonds. The maximum absolute atomic E-state index is 11.7. The second-order valence-corrected chi connectivity index (χ2v) is 9.55. The molecule has 23 heavy (non-hydrogen) atoms. The van der Waals surface area contributed by atoms with Crippen molar-refractivity contribution in [2.75, 3.05) is 6.26 Å². The zero-order valence-electron chi connectivity index (χ0n) is 14.3. The maximum atomic E-state index is 11.7. The van der Waals surface area contributed by atoms with E-state index in [0.717, 1.165) is 25.7 Å². The lowest BCUT2D eigenvalue weighted by molar-refractivity contribution is -0.137. The van der Waals surface area contributed by atoms with E-state index in [1.165, 1.54) is 6.26 Å². The molecule has 5 nitrogen and oxygen atoms in total. The number of nitrogens with one attached hydrogen (secondary N) is 1. The molecule has 2 bridgehead atoms. The Morgan fingerprint density at radius 2 is 2.00 bits per heavy atom. The summed E-state index contributed by atoms with van der Waals surface area (Å²) in [6, 6.07) is 0.0219. The van der Waals surface area contributed by atoms with Gasteiger partial charge in [-0.15, -0.1) is 0 Å². The predicted octanol–water partition coefficient (Wildman–Crippen LogP) is 2.79. The molecule has 3 aliphatic rings. The normalized spacial score (nSPS) is 32.7. The Kier molecular flexibility index (Phi) is 5.56. The molecule has 0 radical (unpaired) electrons. The van der Waals surface area contributed by atoms with Gasteiger partial charge in [-0.2, -0.15) is 0 Å². The average molecular weight is 343 g/mol. The molecular formula is C17H29NO4S. The largest absolute Gasteiger partial charge is 0.481 e. The van der Waals surface area contributed by atoms with Crippen LogP contribution in [0, 0.1) is 23.2 Å². The number of rotatable bonds is 8. The highest BCUT2D eigenvalue weighted by atomic mass is 32.2. The topological polar surface area (TPSA) is 83.5 Å². The minimum absolute atomic E-state index is 0.0219. The summed E-state index contributed by atoms with van der Waals surface area (Å²) in [5, 5.41) is 8.61. The number of fused-ring (bicyclic) bond motifs is 2. The lowest BCUT2D eigenvalue weighted by Crippen LogP contribution is -2.63. The summed E-state index contributed by atoms with van der Waals surface area (Å²) in [6.45, 7) is 4.50. The van der Waals surface area contributed by atoms with Gasteiger partial charge in [0.2, 0.25) is 10.0 Å². The quantitative estimate of drug-likeness (QED) is 0.524. The Hall–Kier alpha value is -0.880. The zero-order valence-corrected chi connectivity index (χ0v) is 15.1.